The average molecular weight is 97.2 g/mol. The van der Waals surface area contributed by atoms with E-state index in [1.54, 1.807) is 13.3 Å². The van der Waals surface area contributed by atoms with Crippen LogP contribution in [0.1, 0.15) is 13.3 Å². The van der Waals surface area contributed by atoms with E-state index in [4.69, 9.17) is 0 Å². The van der Waals surface area contributed by atoms with Gasteiger partial charge < -0.3 is 0 Å². The summed E-state index contributed by atoms with van der Waals surface area (Å²) < 4.78 is 0. The summed E-state index contributed by atoms with van der Waals surface area (Å²) in [5.41, 5.74) is 0. The van der Waals surface area contributed by atoms with E-state index in [0.717, 1.165) is 6.42 Å². The molecule has 0 aliphatic carbocycles. The van der Waals surface area contributed by atoms with Crippen molar-refractivity contribution in [2.45, 2.75) is 13.3 Å². The summed E-state index contributed by atoms with van der Waals surface area (Å²) in [6.45, 7) is 2.10. The molecule has 0 aromatic heterocycles. The first-order chi connectivity index (χ1) is 3.41. The molecule has 0 heterocycles. The summed E-state index contributed by atoms with van der Waals surface area (Å²) in [4.78, 5) is 3.76. The molecule has 0 N–H and O–H groups in total. The van der Waals surface area contributed by atoms with Crippen LogP contribution in [-0.4, -0.2) is 13.3 Å². The monoisotopic (exact) mass is 97.1 g/mol. The zero-order valence-electron chi connectivity index (χ0n) is 4.89. The van der Waals surface area contributed by atoms with Gasteiger partial charge >= 0.3 is 0 Å². The van der Waals surface area contributed by atoms with Crippen LogP contribution in [0, 0.1) is 0 Å². The molecular formula is C6H11N. The molecule has 0 fully saturated rings. The topological polar surface area (TPSA) is 12.4 Å². The molecule has 0 saturated heterocycles. The van der Waals surface area contributed by atoms with E-state index in [-0.39, 0.29) is 0 Å². The van der Waals surface area contributed by atoms with E-state index in [1.807, 2.05) is 6.08 Å². The van der Waals surface area contributed by atoms with Crippen molar-refractivity contribution in [2.24, 2.45) is 4.99 Å². The molecular weight excluding hydrogens is 86.1 g/mol. The Labute approximate surface area is 44.8 Å². The van der Waals surface area contributed by atoms with Crippen LogP contribution in [0.5, 0.6) is 0 Å². The van der Waals surface area contributed by atoms with E-state index < -0.39 is 0 Å². The van der Waals surface area contributed by atoms with Crippen LogP contribution in [0.25, 0.3) is 0 Å². The van der Waals surface area contributed by atoms with Gasteiger partial charge in [0.1, 0.15) is 0 Å². The summed E-state index contributed by atoms with van der Waals surface area (Å²) in [5.74, 6) is 0. The molecule has 0 unspecified atom stereocenters. The molecule has 0 aliphatic rings. The van der Waals surface area contributed by atoms with Crippen molar-refractivity contribution in [1.82, 2.24) is 0 Å². The maximum absolute atomic E-state index is 3.76. The predicted molar refractivity (Wildman–Crippen MR) is 33.8 cm³/mol. The Balaban J connectivity index is 3.09. The Morgan fingerprint density at radius 3 is 2.71 bits per heavy atom. The predicted octanol–water partition coefficient (Wildman–Crippen LogP) is 1.65. The number of rotatable bonds is 2. The molecule has 0 atom stereocenters. The van der Waals surface area contributed by atoms with Crippen molar-refractivity contribution in [2.75, 3.05) is 7.05 Å². The van der Waals surface area contributed by atoms with Gasteiger partial charge in [-0.1, -0.05) is 13.0 Å². The SMILES string of the molecule is CC/C=C\C=N\C. The minimum Gasteiger partial charge on any atom is -0.297 e. The lowest BCUT2D eigenvalue weighted by molar-refractivity contribution is 1.23. The maximum atomic E-state index is 3.76. The van der Waals surface area contributed by atoms with Crippen LogP contribution >= 0.6 is 0 Å². The molecule has 0 spiro atoms. The lowest BCUT2D eigenvalue weighted by Crippen LogP contribution is -1.59. The summed E-state index contributed by atoms with van der Waals surface area (Å²) in [7, 11) is 1.76. The van der Waals surface area contributed by atoms with Crippen molar-refractivity contribution in [3.8, 4) is 0 Å². The fourth-order valence-electron chi connectivity index (χ4n) is 0.283. The van der Waals surface area contributed by atoms with Crippen molar-refractivity contribution in [3.05, 3.63) is 12.2 Å². The normalized spacial score (nSPS) is 11.7. The third kappa shape index (κ3) is 5.41. The van der Waals surface area contributed by atoms with E-state index >= 15 is 0 Å². The van der Waals surface area contributed by atoms with Gasteiger partial charge in [-0.05, 0) is 12.5 Å². The summed E-state index contributed by atoms with van der Waals surface area (Å²) in [5, 5.41) is 0. The number of hydrogen-bond donors (Lipinski definition) is 0. The van der Waals surface area contributed by atoms with Crippen LogP contribution in [0.3, 0.4) is 0 Å². The lowest BCUT2D eigenvalue weighted by Gasteiger charge is -1.70. The summed E-state index contributed by atoms with van der Waals surface area (Å²) >= 11 is 0. The minimum absolute atomic E-state index is 1.09. The van der Waals surface area contributed by atoms with Gasteiger partial charge in [0.05, 0.1) is 0 Å². The fraction of sp³-hybridized carbons (Fsp3) is 0.500. The van der Waals surface area contributed by atoms with Crippen LogP contribution < -0.4 is 0 Å². The molecule has 0 aromatic rings. The Morgan fingerprint density at radius 1 is 1.57 bits per heavy atom. The van der Waals surface area contributed by atoms with Crippen LogP contribution in [0.4, 0.5) is 0 Å². The third-order valence-electron chi connectivity index (χ3n) is 0.607. The highest BCUT2D eigenvalue weighted by Gasteiger charge is 1.58. The molecule has 40 valence electrons. The highest BCUT2D eigenvalue weighted by molar-refractivity contribution is 5.70. The molecule has 0 radical (unpaired) electrons. The van der Waals surface area contributed by atoms with E-state index in [0.29, 0.717) is 0 Å². The zero-order chi connectivity index (χ0) is 5.54. The molecule has 0 amide bonds. The average Bonchev–Trinajstić information content (AvgIpc) is 1.69. The first-order valence-corrected chi connectivity index (χ1v) is 2.49. The standard InChI is InChI=1S/C6H11N/c1-3-4-5-6-7-2/h4-6H,3H2,1-2H3/b5-4-,7-6+. The Morgan fingerprint density at radius 2 is 2.29 bits per heavy atom. The van der Waals surface area contributed by atoms with Gasteiger partial charge in [-0.3, -0.25) is 4.99 Å². The van der Waals surface area contributed by atoms with Gasteiger partial charge in [0, 0.05) is 13.3 Å². The Bertz CT molecular complexity index is 72.2. The second-order valence-electron chi connectivity index (χ2n) is 1.24. The Kier molecular flexibility index (Phi) is 4.95. The van der Waals surface area contributed by atoms with Crippen molar-refractivity contribution < 1.29 is 0 Å². The highest BCUT2D eigenvalue weighted by atomic mass is 14.6. The van der Waals surface area contributed by atoms with Crippen molar-refractivity contribution in [3.63, 3.8) is 0 Å². The molecule has 0 aromatic carbocycles. The third-order valence-corrected chi connectivity index (χ3v) is 0.607. The molecule has 0 rings (SSSR count). The molecule has 7 heavy (non-hydrogen) atoms. The first kappa shape index (κ1) is 6.41. The Hall–Kier alpha value is -0.590. The second-order valence-corrected chi connectivity index (χ2v) is 1.24. The van der Waals surface area contributed by atoms with Crippen LogP contribution in [0.2, 0.25) is 0 Å². The van der Waals surface area contributed by atoms with E-state index in [2.05, 4.69) is 18.0 Å². The van der Waals surface area contributed by atoms with Gasteiger partial charge in [0.15, 0.2) is 0 Å². The smallest absolute Gasteiger partial charge is 0.0277 e. The largest absolute Gasteiger partial charge is 0.297 e. The van der Waals surface area contributed by atoms with E-state index in [1.165, 1.54) is 0 Å². The number of aliphatic imine (C=N–C) groups is 1. The van der Waals surface area contributed by atoms with Gasteiger partial charge in [-0.2, -0.15) is 0 Å². The maximum Gasteiger partial charge on any atom is 0.0277 e. The molecule has 0 aliphatic heterocycles. The van der Waals surface area contributed by atoms with Gasteiger partial charge in [0.25, 0.3) is 0 Å². The highest BCUT2D eigenvalue weighted by Crippen LogP contribution is 1.74. The number of nitrogens with zero attached hydrogens (tertiary/aromatic N) is 1. The van der Waals surface area contributed by atoms with Crippen LogP contribution in [-0.2, 0) is 0 Å². The van der Waals surface area contributed by atoms with Crippen molar-refractivity contribution >= 4 is 6.21 Å². The first-order valence-electron chi connectivity index (χ1n) is 2.49. The van der Waals surface area contributed by atoms with Gasteiger partial charge in [-0.15, -0.1) is 0 Å². The van der Waals surface area contributed by atoms with Crippen LogP contribution in [0.15, 0.2) is 17.1 Å². The quantitative estimate of drug-likeness (QED) is 0.464. The van der Waals surface area contributed by atoms with Gasteiger partial charge in [-0.25, -0.2) is 0 Å². The number of allylic oxidation sites excluding steroid dienone is 2. The molecule has 0 saturated carbocycles. The summed E-state index contributed by atoms with van der Waals surface area (Å²) in [6, 6.07) is 0. The van der Waals surface area contributed by atoms with Gasteiger partial charge in [0.2, 0.25) is 0 Å². The van der Waals surface area contributed by atoms with E-state index in [9.17, 15) is 0 Å². The fourth-order valence-corrected chi connectivity index (χ4v) is 0.283. The van der Waals surface area contributed by atoms with Crippen molar-refractivity contribution in [1.29, 1.82) is 0 Å². The lowest BCUT2D eigenvalue weighted by atomic mass is 10.4. The molecule has 1 nitrogen and oxygen atoms in total. The molecule has 1 heteroatoms. The number of hydrogen-bond acceptors (Lipinski definition) is 1. The second kappa shape index (κ2) is 5.41. The minimum atomic E-state index is 1.09. The zero-order valence-corrected chi connectivity index (χ0v) is 4.89. The summed E-state index contributed by atoms with van der Waals surface area (Å²) in [6.07, 6.45) is 6.88. The molecule has 0 bridgehead atoms.